The number of amides is 2. The number of benzene rings is 2. The molecule has 2 amide bonds. The molecule has 0 fully saturated rings. The lowest BCUT2D eigenvalue weighted by Gasteiger charge is -2.16. The number of carboxylic acids is 1. The summed E-state index contributed by atoms with van der Waals surface area (Å²) in [5.41, 5.74) is 1.36. The number of carbonyl (C=O) groups excluding carboxylic acids is 2. The lowest BCUT2D eigenvalue weighted by atomic mass is 9.95. The SMILES string of the molecule is O=C(O)/C(NC(=O)c1cccnc1Cl)=C(/c1ccccc1)c1ccc(NC(=O)c2c(Cl)cncc2Cl)cc1. The quantitative estimate of drug-likeness (QED) is 0.187. The van der Waals surface area contributed by atoms with Crippen molar-refractivity contribution < 1.29 is 19.5 Å². The number of nitrogens with zero attached hydrogens (tertiary/aromatic N) is 2. The number of hydrogen-bond acceptors (Lipinski definition) is 5. The predicted octanol–water partition coefficient (Wildman–Crippen LogP) is 5.96. The fourth-order valence-corrected chi connectivity index (χ4v) is 4.30. The van der Waals surface area contributed by atoms with E-state index in [1.54, 1.807) is 54.6 Å². The van der Waals surface area contributed by atoms with Gasteiger partial charge < -0.3 is 15.7 Å². The Labute approximate surface area is 231 Å². The van der Waals surface area contributed by atoms with E-state index in [9.17, 15) is 19.5 Å². The van der Waals surface area contributed by atoms with Gasteiger partial charge in [0, 0.05) is 29.9 Å². The molecule has 0 unspecified atom stereocenters. The van der Waals surface area contributed by atoms with Crippen LogP contribution in [0.3, 0.4) is 0 Å². The minimum absolute atomic E-state index is 0.0202. The molecule has 2 heterocycles. The highest BCUT2D eigenvalue weighted by Gasteiger charge is 2.23. The van der Waals surface area contributed by atoms with Crippen LogP contribution in [0.5, 0.6) is 0 Å². The van der Waals surface area contributed by atoms with Crippen LogP contribution in [0, 0.1) is 0 Å². The van der Waals surface area contributed by atoms with E-state index >= 15 is 0 Å². The summed E-state index contributed by atoms with van der Waals surface area (Å²) in [5, 5.41) is 15.4. The van der Waals surface area contributed by atoms with Crippen LogP contribution in [-0.2, 0) is 4.79 Å². The van der Waals surface area contributed by atoms with Crippen molar-refractivity contribution in [3.63, 3.8) is 0 Å². The summed E-state index contributed by atoms with van der Waals surface area (Å²) in [6, 6.07) is 18.0. The Morgan fingerprint density at radius 1 is 0.763 bits per heavy atom. The van der Waals surface area contributed by atoms with E-state index in [2.05, 4.69) is 20.6 Å². The third-order valence-electron chi connectivity index (χ3n) is 5.28. The summed E-state index contributed by atoms with van der Waals surface area (Å²) in [6.45, 7) is 0. The maximum absolute atomic E-state index is 12.9. The molecule has 2 aromatic carbocycles. The molecule has 11 heteroatoms. The van der Waals surface area contributed by atoms with E-state index in [0.29, 0.717) is 16.8 Å². The molecule has 0 saturated heterocycles. The van der Waals surface area contributed by atoms with E-state index in [1.807, 2.05) is 0 Å². The summed E-state index contributed by atoms with van der Waals surface area (Å²) in [5.74, 6) is -2.64. The first kappa shape index (κ1) is 26.8. The first-order valence-corrected chi connectivity index (χ1v) is 12.0. The maximum atomic E-state index is 12.9. The minimum Gasteiger partial charge on any atom is -0.477 e. The van der Waals surface area contributed by atoms with Crippen LogP contribution < -0.4 is 10.6 Å². The topological polar surface area (TPSA) is 121 Å². The summed E-state index contributed by atoms with van der Waals surface area (Å²) >= 11 is 18.2. The van der Waals surface area contributed by atoms with Gasteiger partial charge in [0.15, 0.2) is 0 Å². The van der Waals surface area contributed by atoms with Crippen molar-refractivity contribution in [3.05, 3.63) is 128 Å². The Bertz CT molecular complexity index is 1540. The van der Waals surface area contributed by atoms with Crippen molar-refractivity contribution in [2.24, 2.45) is 0 Å². The molecule has 0 bridgehead atoms. The second-order valence-electron chi connectivity index (χ2n) is 7.73. The van der Waals surface area contributed by atoms with Crippen molar-refractivity contribution in [3.8, 4) is 0 Å². The lowest BCUT2D eigenvalue weighted by Crippen LogP contribution is -2.29. The molecule has 4 rings (SSSR count). The molecule has 8 nitrogen and oxygen atoms in total. The van der Waals surface area contributed by atoms with Gasteiger partial charge in [-0.2, -0.15) is 0 Å². The van der Waals surface area contributed by atoms with E-state index in [4.69, 9.17) is 34.8 Å². The summed E-state index contributed by atoms with van der Waals surface area (Å²) in [7, 11) is 0. The number of nitrogens with one attached hydrogen (secondary N) is 2. The van der Waals surface area contributed by atoms with E-state index in [0.717, 1.165) is 0 Å². The van der Waals surface area contributed by atoms with Gasteiger partial charge in [-0.25, -0.2) is 9.78 Å². The lowest BCUT2D eigenvalue weighted by molar-refractivity contribution is -0.132. The van der Waals surface area contributed by atoms with Gasteiger partial charge in [0.05, 0.1) is 21.2 Å². The maximum Gasteiger partial charge on any atom is 0.353 e. The standard InChI is InChI=1S/C27H17Cl3N4O4/c28-19-13-31-14-20(29)22(19)26(36)33-17-10-8-16(9-11-17)21(15-5-2-1-3-6-15)23(27(37)38)34-25(35)18-7-4-12-32-24(18)30/h1-14H,(H,33,36)(H,34,35)(H,37,38)/b23-21+. The molecule has 190 valence electrons. The third-order valence-corrected chi connectivity index (χ3v) is 6.15. The van der Waals surface area contributed by atoms with Crippen LogP contribution in [0.2, 0.25) is 15.2 Å². The van der Waals surface area contributed by atoms with Gasteiger partial charge in [0.1, 0.15) is 10.9 Å². The molecular formula is C27H17Cl3N4O4. The number of aliphatic carboxylic acids is 1. The number of hydrogen-bond donors (Lipinski definition) is 3. The van der Waals surface area contributed by atoms with E-state index < -0.39 is 17.8 Å². The van der Waals surface area contributed by atoms with Crippen molar-refractivity contribution in [2.45, 2.75) is 0 Å². The van der Waals surface area contributed by atoms with Crippen LogP contribution in [0.25, 0.3) is 5.57 Å². The van der Waals surface area contributed by atoms with Crippen LogP contribution in [-0.4, -0.2) is 32.9 Å². The smallest absolute Gasteiger partial charge is 0.353 e. The zero-order chi connectivity index (χ0) is 27.2. The molecule has 4 aromatic rings. The molecule has 2 aromatic heterocycles. The molecule has 3 N–H and O–H groups in total. The summed E-state index contributed by atoms with van der Waals surface area (Å²) in [4.78, 5) is 45.7. The molecule has 0 aliphatic rings. The van der Waals surface area contributed by atoms with Gasteiger partial charge in [0.25, 0.3) is 11.8 Å². The van der Waals surface area contributed by atoms with Gasteiger partial charge in [-0.1, -0.05) is 77.3 Å². The zero-order valence-electron chi connectivity index (χ0n) is 19.3. The van der Waals surface area contributed by atoms with E-state index in [-0.39, 0.29) is 37.6 Å². The fourth-order valence-electron chi connectivity index (χ4n) is 3.56. The second kappa shape index (κ2) is 11.9. The fraction of sp³-hybridized carbons (Fsp3) is 0. The first-order valence-electron chi connectivity index (χ1n) is 10.9. The highest BCUT2D eigenvalue weighted by atomic mass is 35.5. The summed E-state index contributed by atoms with van der Waals surface area (Å²) in [6.07, 6.45) is 4.03. The molecule has 0 aliphatic heterocycles. The zero-order valence-corrected chi connectivity index (χ0v) is 21.6. The van der Waals surface area contributed by atoms with Crippen molar-refractivity contribution >= 4 is 63.8 Å². The van der Waals surface area contributed by atoms with Gasteiger partial charge in [-0.3, -0.25) is 14.6 Å². The Morgan fingerprint density at radius 2 is 1.39 bits per heavy atom. The first-order chi connectivity index (χ1) is 18.3. The highest BCUT2D eigenvalue weighted by Crippen LogP contribution is 2.29. The van der Waals surface area contributed by atoms with Crippen LogP contribution in [0.15, 0.2) is 91.0 Å². The molecule has 38 heavy (non-hydrogen) atoms. The van der Waals surface area contributed by atoms with Gasteiger partial charge in [-0.05, 0) is 35.4 Å². The molecule has 0 atom stereocenters. The monoisotopic (exact) mass is 566 g/mol. The van der Waals surface area contributed by atoms with Gasteiger partial charge in [-0.15, -0.1) is 0 Å². The average molecular weight is 568 g/mol. The van der Waals surface area contributed by atoms with Crippen LogP contribution in [0.1, 0.15) is 31.8 Å². The van der Waals surface area contributed by atoms with Crippen molar-refractivity contribution in [1.29, 1.82) is 0 Å². The third kappa shape index (κ3) is 6.00. The van der Waals surface area contributed by atoms with Crippen LogP contribution in [0.4, 0.5) is 5.69 Å². The van der Waals surface area contributed by atoms with E-state index in [1.165, 1.54) is 30.7 Å². The number of rotatable bonds is 7. The highest BCUT2D eigenvalue weighted by molar-refractivity contribution is 6.40. The Hall–Kier alpha value is -4.24. The second-order valence-corrected chi connectivity index (χ2v) is 8.90. The Kier molecular flexibility index (Phi) is 8.38. The largest absolute Gasteiger partial charge is 0.477 e. The van der Waals surface area contributed by atoms with Gasteiger partial charge in [0.2, 0.25) is 0 Å². The number of aromatic nitrogens is 2. The number of pyridine rings is 2. The molecule has 0 saturated carbocycles. The number of carbonyl (C=O) groups is 3. The number of halogens is 3. The van der Waals surface area contributed by atoms with Gasteiger partial charge >= 0.3 is 5.97 Å². The molecule has 0 aliphatic carbocycles. The average Bonchev–Trinajstić information content (AvgIpc) is 2.90. The molecule has 0 radical (unpaired) electrons. The van der Waals surface area contributed by atoms with Crippen LogP contribution >= 0.6 is 34.8 Å². The number of carboxylic acid groups (broad SMARTS) is 1. The van der Waals surface area contributed by atoms with Crippen molar-refractivity contribution in [2.75, 3.05) is 5.32 Å². The molecule has 0 spiro atoms. The Morgan fingerprint density at radius 3 is 2.00 bits per heavy atom. The van der Waals surface area contributed by atoms with Crippen molar-refractivity contribution in [1.82, 2.24) is 15.3 Å². The summed E-state index contributed by atoms with van der Waals surface area (Å²) < 4.78 is 0. The minimum atomic E-state index is -1.36. The molecular weight excluding hydrogens is 551 g/mol. The number of anilines is 1. The predicted molar refractivity (Wildman–Crippen MR) is 145 cm³/mol. The normalized spacial score (nSPS) is 11.3. The Balaban J connectivity index is 1.72.